The Morgan fingerprint density at radius 3 is 1.77 bits per heavy atom. The molecule has 0 aromatic rings. The van der Waals surface area contributed by atoms with Gasteiger partial charge in [-0.15, -0.1) is 0 Å². The molecule has 0 aromatic heterocycles. The molecule has 0 bridgehead atoms. The molecular weight excluding hydrogens is 318 g/mol. The first-order valence-corrected chi connectivity index (χ1v) is 11.0. The van der Waals surface area contributed by atoms with E-state index in [0.717, 1.165) is 6.42 Å². The molecule has 0 aliphatic carbocycles. The maximum absolute atomic E-state index is 8.58. The number of rotatable bonds is 19. The van der Waals surface area contributed by atoms with E-state index in [2.05, 4.69) is 42.3 Å². The number of hydrogen-bond donors (Lipinski definition) is 1. The summed E-state index contributed by atoms with van der Waals surface area (Å²) < 4.78 is 0. The SMILES string of the molecule is CCCCCCCCCCCCCCC=CC=CC=CCC=NCCO. The fourth-order valence-electron chi connectivity index (χ4n) is 2.85. The van der Waals surface area contributed by atoms with Gasteiger partial charge in [0.15, 0.2) is 0 Å². The van der Waals surface area contributed by atoms with Gasteiger partial charge in [0.25, 0.3) is 0 Å². The minimum Gasteiger partial charge on any atom is -0.394 e. The average Bonchev–Trinajstić information content (AvgIpc) is 2.66. The van der Waals surface area contributed by atoms with Crippen molar-refractivity contribution in [2.24, 2.45) is 4.99 Å². The summed E-state index contributed by atoms with van der Waals surface area (Å²) in [6, 6.07) is 0. The highest BCUT2D eigenvalue weighted by Gasteiger charge is 1.92. The van der Waals surface area contributed by atoms with Crippen LogP contribution in [-0.4, -0.2) is 24.5 Å². The highest BCUT2D eigenvalue weighted by molar-refractivity contribution is 5.59. The van der Waals surface area contributed by atoms with Crippen molar-refractivity contribution in [2.45, 2.75) is 96.8 Å². The van der Waals surface area contributed by atoms with Gasteiger partial charge in [-0.1, -0.05) is 114 Å². The summed E-state index contributed by atoms with van der Waals surface area (Å²) in [4.78, 5) is 4.04. The van der Waals surface area contributed by atoms with Gasteiger partial charge in [0.05, 0.1) is 13.2 Å². The highest BCUT2D eigenvalue weighted by atomic mass is 16.3. The van der Waals surface area contributed by atoms with Crippen LogP contribution in [0, 0.1) is 0 Å². The third-order valence-electron chi connectivity index (χ3n) is 4.43. The molecule has 0 radical (unpaired) electrons. The number of hydrogen-bond acceptors (Lipinski definition) is 2. The van der Waals surface area contributed by atoms with Crippen LogP contribution in [0.3, 0.4) is 0 Å². The van der Waals surface area contributed by atoms with Crippen molar-refractivity contribution in [1.29, 1.82) is 0 Å². The van der Waals surface area contributed by atoms with Crippen LogP contribution < -0.4 is 0 Å². The lowest BCUT2D eigenvalue weighted by Crippen LogP contribution is -1.86. The summed E-state index contributed by atoms with van der Waals surface area (Å²) in [5.41, 5.74) is 0. The Labute approximate surface area is 163 Å². The normalized spacial score (nSPS) is 12.5. The van der Waals surface area contributed by atoms with E-state index in [9.17, 15) is 0 Å². The number of nitrogens with zero attached hydrogens (tertiary/aromatic N) is 1. The fraction of sp³-hybridized carbons (Fsp3) is 0.708. The summed E-state index contributed by atoms with van der Waals surface area (Å²) in [6.45, 7) is 2.92. The first-order chi connectivity index (χ1) is 12.9. The monoisotopic (exact) mass is 361 g/mol. The molecule has 150 valence electrons. The molecule has 0 heterocycles. The molecule has 0 rings (SSSR count). The zero-order chi connectivity index (χ0) is 19.0. The maximum Gasteiger partial charge on any atom is 0.0626 e. The Hall–Kier alpha value is -1.15. The Kier molecular flexibility index (Phi) is 22.8. The molecule has 0 aliphatic rings. The molecule has 0 aliphatic heterocycles. The number of aliphatic imine (C=N–C) groups is 1. The van der Waals surface area contributed by atoms with Crippen molar-refractivity contribution >= 4 is 6.21 Å². The van der Waals surface area contributed by atoms with Crippen LogP contribution in [0.15, 0.2) is 41.4 Å². The molecule has 2 heteroatoms. The standard InChI is InChI=1S/C24H43NO/c1-2-3-4-5-6-7-8-9-10-11-12-13-14-15-16-17-18-19-20-21-22-25-23-24-26/h15-20,22,26H,2-14,21,23-24H2,1H3. The van der Waals surface area contributed by atoms with Crippen molar-refractivity contribution in [3.8, 4) is 0 Å². The van der Waals surface area contributed by atoms with Crippen molar-refractivity contribution in [2.75, 3.05) is 13.2 Å². The van der Waals surface area contributed by atoms with Gasteiger partial charge in [-0.3, -0.25) is 4.99 Å². The summed E-state index contributed by atoms with van der Waals surface area (Å²) in [6.07, 6.45) is 33.5. The van der Waals surface area contributed by atoms with Gasteiger partial charge >= 0.3 is 0 Å². The summed E-state index contributed by atoms with van der Waals surface area (Å²) in [5.74, 6) is 0. The molecule has 0 saturated heterocycles. The summed E-state index contributed by atoms with van der Waals surface area (Å²) in [7, 11) is 0. The highest BCUT2D eigenvalue weighted by Crippen LogP contribution is 2.12. The van der Waals surface area contributed by atoms with E-state index in [-0.39, 0.29) is 6.61 Å². The number of allylic oxidation sites excluding steroid dienone is 6. The van der Waals surface area contributed by atoms with Crippen molar-refractivity contribution < 1.29 is 5.11 Å². The average molecular weight is 362 g/mol. The zero-order valence-corrected chi connectivity index (χ0v) is 17.2. The molecule has 0 fully saturated rings. The van der Waals surface area contributed by atoms with E-state index in [0.29, 0.717) is 6.54 Å². The van der Waals surface area contributed by atoms with Gasteiger partial charge in [0, 0.05) is 12.6 Å². The third kappa shape index (κ3) is 22.9. The van der Waals surface area contributed by atoms with Crippen LogP contribution >= 0.6 is 0 Å². The van der Waals surface area contributed by atoms with Crippen LogP contribution in [0.25, 0.3) is 0 Å². The Balaban J connectivity index is 3.25. The second kappa shape index (κ2) is 23.9. The van der Waals surface area contributed by atoms with Crippen molar-refractivity contribution in [3.63, 3.8) is 0 Å². The lowest BCUT2D eigenvalue weighted by atomic mass is 10.0. The fourth-order valence-corrected chi connectivity index (χ4v) is 2.85. The predicted molar refractivity (Wildman–Crippen MR) is 118 cm³/mol. The van der Waals surface area contributed by atoms with Crippen molar-refractivity contribution in [1.82, 2.24) is 0 Å². The summed E-state index contributed by atoms with van der Waals surface area (Å²) in [5, 5.41) is 8.58. The van der Waals surface area contributed by atoms with Gasteiger partial charge < -0.3 is 5.11 Å². The van der Waals surface area contributed by atoms with E-state index >= 15 is 0 Å². The van der Waals surface area contributed by atoms with Gasteiger partial charge in [-0.05, 0) is 12.8 Å². The maximum atomic E-state index is 8.58. The van der Waals surface area contributed by atoms with E-state index in [1.54, 1.807) is 0 Å². The van der Waals surface area contributed by atoms with E-state index in [1.165, 1.54) is 83.5 Å². The predicted octanol–water partition coefficient (Wildman–Crippen LogP) is 7.20. The van der Waals surface area contributed by atoms with Gasteiger partial charge in [0.1, 0.15) is 0 Å². The smallest absolute Gasteiger partial charge is 0.0626 e. The Morgan fingerprint density at radius 1 is 0.654 bits per heavy atom. The van der Waals surface area contributed by atoms with Gasteiger partial charge in [-0.25, -0.2) is 0 Å². The van der Waals surface area contributed by atoms with E-state index < -0.39 is 0 Å². The van der Waals surface area contributed by atoms with Crippen LogP contribution in [-0.2, 0) is 0 Å². The topological polar surface area (TPSA) is 32.6 Å². The molecular formula is C24H43NO. The largest absolute Gasteiger partial charge is 0.394 e. The van der Waals surface area contributed by atoms with Crippen LogP contribution in [0.2, 0.25) is 0 Å². The lowest BCUT2D eigenvalue weighted by Gasteiger charge is -2.02. The molecule has 1 N–H and O–H groups in total. The number of unbranched alkanes of at least 4 members (excludes halogenated alkanes) is 12. The zero-order valence-electron chi connectivity index (χ0n) is 17.2. The molecule has 0 unspecified atom stereocenters. The molecule has 2 nitrogen and oxygen atoms in total. The second-order valence-electron chi connectivity index (χ2n) is 6.97. The minimum absolute atomic E-state index is 0.129. The number of aliphatic hydroxyl groups is 1. The van der Waals surface area contributed by atoms with Crippen LogP contribution in [0.4, 0.5) is 0 Å². The third-order valence-corrected chi connectivity index (χ3v) is 4.43. The summed E-state index contributed by atoms with van der Waals surface area (Å²) >= 11 is 0. The minimum atomic E-state index is 0.129. The number of aliphatic hydroxyl groups excluding tert-OH is 1. The first kappa shape index (κ1) is 24.8. The van der Waals surface area contributed by atoms with Gasteiger partial charge in [0.2, 0.25) is 0 Å². The van der Waals surface area contributed by atoms with Crippen LogP contribution in [0.5, 0.6) is 0 Å². The van der Waals surface area contributed by atoms with E-state index in [4.69, 9.17) is 5.11 Å². The molecule has 0 atom stereocenters. The molecule has 0 spiro atoms. The van der Waals surface area contributed by atoms with Gasteiger partial charge in [-0.2, -0.15) is 0 Å². The van der Waals surface area contributed by atoms with Crippen molar-refractivity contribution in [3.05, 3.63) is 36.5 Å². The molecule has 0 saturated carbocycles. The Bertz CT molecular complexity index is 368. The molecule has 26 heavy (non-hydrogen) atoms. The Morgan fingerprint density at radius 2 is 1.19 bits per heavy atom. The lowest BCUT2D eigenvalue weighted by molar-refractivity contribution is 0.307. The second-order valence-corrected chi connectivity index (χ2v) is 6.97. The van der Waals surface area contributed by atoms with E-state index in [1.807, 2.05) is 12.3 Å². The molecule has 0 amide bonds. The first-order valence-electron chi connectivity index (χ1n) is 11.0. The molecule has 0 aromatic carbocycles. The van der Waals surface area contributed by atoms with Crippen LogP contribution in [0.1, 0.15) is 96.8 Å². The quantitative estimate of drug-likeness (QED) is 0.147.